The van der Waals surface area contributed by atoms with Crippen molar-refractivity contribution in [3.8, 4) is 0 Å². The summed E-state index contributed by atoms with van der Waals surface area (Å²) in [7, 11) is 0. The van der Waals surface area contributed by atoms with E-state index in [9.17, 15) is 9.18 Å². The van der Waals surface area contributed by atoms with Crippen LogP contribution in [-0.4, -0.2) is 36.5 Å². The van der Waals surface area contributed by atoms with Gasteiger partial charge >= 0.3 is 0 Å². The normalized spacial score (nSPS) is 16.6. The van der Waals surface area contributed by atoms with Crippen LogP contribution in [0.4, 0.5) is 10.1 Å². The third-order valence-electron chi connectivity index (χ3n) is 2.83. The second-order valence-electron chi connectivity index (χ2n) is 4.46. The van der Waals surface area contributed by atoms with Gasteiger partial charge < -0.3 is 11.1 Å². The fraction of sp³-hybridized carbons (Fsp3) is 0.417. The molecule has 1 heterocycles. The van der Waals surface area contributed by atoms with Crippen LogP contribution in [0.15, 0.2) is 18.2 Å². The molecular weight excluding hydrogens is 221 g/mol. The predicted octanol–water partition coefficient (Wildman–Crippen LogP) is 0.716. The van der Waals surface area contributed by atoms with Gasteiger partial charge in [0.2, 0.25) is 5.91 Å². The lowest BCUT2D eigenvalue weighted by Gasteiger charge is -2.36. The van der Waals surface area contributed by atoms with E-state index in [0.717, 1.165) is 18.7 Å². The van der Waals surface area contributed by atoms with Gasteiger partial charge in [-0.05, 0) is 24.6 Å². The Morgan fingerprint density at radius 2 is 2.29 bits per heavy atom. The SMILES string of the molecule is Cc1ccc(F)cc1NC(=O)CN1CC(N)C1. The number of likely N-dealkylation sites (tertiary alicyclic amines) is 1. The molecule has 0 spiro atoms. The molecule has 17 heavy (non-hydrogen) atoms. The van der Waals surface area contributed by atoms with E-state index in [2.05, 4.69) is 5.32 Å². The van der Waals surface area contributed by atoms with Crippen molar-refractivity contribution in [1.82, 2.24) is 4.90 Å². The first-order valence-electron chi connectivity index (χ1n) is 5.58. The number of carbonyl (C=O) groups is 1. The molecule has 2 rings (SSSR count). The van der Waals surface area contributed by atoms with Crippen LogP contribution in [0.3, 0.4) is 0 Å². The van der Waals surface area contributed by atoms with Crippen molar-refractivity contribution < 1.29 is 9.18 Å². The summed E-state index contributed by atoms with van der Waals surface area (Å²) in [6.07, 6.45) is 0. The standard InChI is InChI=1S/C12H16FN3O/c1-8-2-3-9(13)4-11(8)15-12(17)7-16-5-10(14)6-16/h2-4,10H,5-7,14H2,1H3,(H,15,17). The first-order chi connectivity index (χ1) is 8.04. The Balaban J connectivity index is 1.91. The minimum absolute atomic E-state index is 0.134. The smallest absolute Gasteiger partial charge is 0.238 e. The molecule has 0 aromatic heterocycles. The number of nitrogens with zero attached hydrogens (tertiary/aromatic N) is 1. The molecule has 5 heteroatoms. The molecule has 1 amide bonds. The van der Waals surface area contributed by atoms with Gasteiger partial charge in [-0.25, -0.2) is 4.39 Å². The van der Waals surface area contributed by atoms with Crippen molar-refractivity contribution in [3.63, 3.8) is 0 Å². The Morgan fingerprint density at radius 1 is 1.59 bits per heavy atom. The highest BCUT2D eigenvalue weighted by atomic mass is 19.1. The Kier molecular flexibility index (Phi) is 3.40. The topological polar surface area (TPSA) is 58.4 Å². The molecule has 0 atom stereocenters. The number of aryl methyl sites for hydroxylation is 1. The lowest BCUT2D eigenvalue weighted by atomic mass is 10.1. The van der Waals surface area contributed by atoms with Crippen LogP contribution in [-0.2, 0) is 4.79 Å². The summed E-state index contributed by atoms with van der Waals surface area (Å²) in [6.45, 7) is 3.63. The monoisotopic (exact) mass is 237 g/mol. The number of rotatable bonds is 3. The summed E-state index contributed by atoms with van der Waals surface area (Å²) in [5.41, 5.74) is 6.99. The van der Waals surface area contributed by atoms with Crippen LogP contribution < -0.4 is 11.1 Å². The molecule has 0 bridgehead atoms. The van der Waals surface area contributed by atoms with E-state index in [1.165, 1.54) is 12.1 Å². The zero-order valence-corrected chi connectivity index (χ0v) is 9.74. The van der Waals surface area contributed by atoms with Crippen molar-refractivity contribution in [2.45, 2.75) is 13.0 Å². The molecule has 1 aliphatic rings. The summed E-state index contributed by atoms with van der Waals surface area (Å²) >= 11 is 0. The number of benzene rings is 1. The van der Waals surface area contributed by atoms with Gasteiger partial charge in [0.05, 0.1) is 6.54 Å². The Labute approximate surface area is 99.6 Å². The third-order valence-corrected chi connectivity index (χ3v) is 2.83. The van der Waals surface area contributed by atoms with E-state index in [1.54, 1.807) is 6.07 Å². The molecule has 0 aliphatic carbocycles. The van der Waals surface area contributed by atoms with Crippen molar-refractivity contribution in [2.24, 2.45) is 5.73 Å². The van der Waals surface area contributed by atoms with Gasteiger partial charge in [-0.1, -0.05) is 6.07 Å². The van der Waals surface area contributed by atoms with Crippen LogP contribution >= 0.6 is 0 Å². The first-order valence-corrected chi connectivity index (χ1v) is 5.58. The lowest BCUT2D eigenvalue weighted by Crippen LogP contribution is -2.57. The Bertz CT molecular complexity index is 430. The average molecular weight is 237 g/mol. The van der Waals surface area contributed by atoms with Crippen LogP contribution in [0.5, 0.6) is 0 Å². The maximum Gasteiger partial charge on any atom is 0.238 e. The molecular formula is C12H16FN3O. The molecule has 0 saturated carbocycles. The van der Waals surface area contributed by atoms with Gasteiger partial charge in [-0.15, -0.1) is 0 Å². The second-order valence-corrected chi connectivity index (χ2v) is 4.46. The first kappa shape index (κ1) is 12.0. The van der Waals surface area contributed by atoms with E-state index in [0.29, 0.717) is 12.2 Å². The Morgan fingerprint density at radius 3 is 2.94 bits per heavy atom. The quantitative estimate of drug-likeness (QED) is 0.814. The largest absolute Gasteiger partial charge is 0.325 e. The van der Waals surface area contributed by atoms with Gasteiger partial charge in [-0.2, -0.15) is 0 Å². The number of hydrogen-bond donors (Lipinski definition) is 2. The van der Waals surface area contributed by atoms with E-state index in [4.69, 9.17) is 5.73 Å². The Hall–Kier alpha value is -1.46. The van der Waals surface area contributed by atoms with Crippen molar-refractivity contribution >= 4 is 11.6 Å². The van der Waals surface area contributed by atoms with Crippen molar-refractivity contribution in [3.05, 3.63) is 29.6 Å². The van der Waals surface area contributed by atoms with Crippen molar-refractivity contribution in [1.29, 1.82) is 0 Å². The maximum absolute atomic E-state index is 13.0. The molecule has 1 saturated heterocycles. The fourth-order valence-corrected chi connectivity index (χ4v) is 1.86. The van der Waals surface area contributed by atoms with E-state index in [-0.39, 0.29) is 17.8 Å². The van der Waals surface area contributed by atoms with Crippen LogP contribution in [0.2, 0.25) is 0 Å². The molecule has 0 unspecified atom stereocenters. The van der Waals surface area contributed by atoms with Gasteiger partial charge in [0.15, 0.2) is 0 Å². The molecule has 0 radical (unpaired) electrons. The van der Waals surface area contributed by atoms with Crippen LogP contribution in [0.1, 0.15) is 5.56 Å². The summed E-state index contributed by atoms with van der Waals surface area (Å²) < 4.78 is 13.0. The highest BCUT2D eigenvalue weighted by molar-refractivity contribution is 5.93. The van der Waals surface area contributed by atoms with Gasteiger partial charge in [0.1, 0.15) is 5.82 Å². The maximum atomic E-state index is 13.0. The van der Waals surface area contributed by atoms with Gasteiger partial charge in [0, 0.05) is 24.8 Å². The predicted molar refractivity (Wildman–Crippen MR) is 64.2 cm³/mol. The zero-order chi connectivity index (χ0) is 12.4. The highest BCUT2D eigenvalue weighted by Gasteiger charge is 2.24. The molecule has 4 nitrogen and oxygen atoms in total. The average Bonchev–Trinajstić information content (AvgIpc) is 2.21. The van der Waals surface area contributed by atoms with E-state index in [1.807, 2.05) is 11.8 Å². The summed E-state index contributed by atoms with van der Waals surface area (Å²) in [5.74, 6) is -0.484. The molecule has 3 N–H and O–H groups in total. The lowest BCUT2D eigenvalue weighted by molar-refractivity contribution is -0.118. The number of nitrogens with one attached hydrogen (secondary N) is 1. The molecule has 1 aromatic carbocycles. The number of carbonyl (C=O) groups excluding carboxylic acids is 1. The van der Waals surface area contributed by atoms with Crippen molar-refractivity contribution in [2.75, 3.05) is 25.0 Å². The number of nitrogens with two attached hydrogens (primary N) is 1. The molecule has 92 valence electrons. The number of hydrogen-bond acceptors (Lipinski definition) is 3. The number of halogens is 1. The number of amides is 1. The van der Waals surface area contributed by atoms with Gasteiger partial charge in [-0.3, -0.25) is 9.69 Å². The van der Waals surface area contributed by atoms with E-state index < -0.39 is 0 Å². The zero-order valence-electron chi connectivity index (χ0n) is 9.74. The van der Waals surface area contributed by atoms with E-state index >= 15 is 0 Å². The number of anilines is 1. The second kappa shape index (κ2) is 4.81. The van der Waals surface area contributed by atoms with Crippen LogP contribution in [0.25, 0.3) is 0 Å². The molecule has 1 fully saturated rings. The minimum Gasteiger partial charge on any atom is -0.325 e. The molecule has 1 aromatic rings. The van der Waals surface area contributed by atoms with Gasteiger partial charge in [0.25, 0.3) is 0 Å². The summed E-state index contributed by atoms with van der Waals surface area (Å²) in [4.78, 5) is 13.6. The van der Waals surface area contributed by atoms with Crippen LogP contribution in [0, 0.1) is 12.7 Å². The fourth-order valence-electron chi connectivity index (χ4n) is 1.86. The highest BCUT2D eigenvalue weighted by Crippen LogP contribution is 2.16. The molecule has 1 aliphatic heterocycles. The minimum atomic E-state index is -0.350. The summed E-state index contributed by atoms with van der Waals surface area (Å²) in [6, 6.07) is 4.53. The summed E-state index contributed by atoms with van der Waals surface area (Å²) in [5, 5.41) is 2.70. The third kappa shape index (κ3) is 3.01.